The van der Waals surface area contributed by atoms with Crippen molar-refractivity contribution in [1.82, 2.24) is 15.1 Å². The first-order valence-corrected chi connectivity index (χ1v) is 8.31. The highest BCUT2D eigenvalue weighted by molar-refractivity contribution is 8.00. The van der Waals surface area contributed by atoms with E-state index < -0.39 is 0 Å². The van der Waals surface area contributed by atoms with Gasteiger partial charge in [-0.15, -0.1) is 22.0 Å². The lowest BCUT2D eigenvalue weighted by molar-refractivity contribution is -0.125. The highest BCUT2D eigenvalue weighted by Gasteiger charge is 2.15. The first-order chi connectivity index (χ1) is 10.5. The Kier molecular flexibility index (Phi) is 5.51. The van der Waals surface area contributed by atoms with Crippen molar-refractivity contribution < 1.29 is 9.59 Å². The second-order valence-electron chi connectivity index (χ2n) is 4.65. The Balaban J connectivity index is 2.10. The lowest BCUT2D eigenvalue weighted by atomic mass is 10.2. The molecule has 0 aliphatic rings. The van der Waals surface area contributed by atoms with Crippen molar-refractivity contribution in [3.8, 4) is 0 Å². The molecule has 0 spiro atoms. The molecule has 2 aromatic rings. The van der Waals surface area contributed by atoms with Crippen LogP contribution in [0.2, 0.25) is 0 Å². The summed E-state index contributed by atoms with van der Waals surface area (Å²) >= 11 is 2.66. The molecule has 8 heteroatoms. The number of rotatable bonds is 5. The van der Waals surface area contributed by atoms with Gasteiger partial charge in [-0.3, -0.25) is 14.9 Å². The molecular formula is C14H16N4O2S2. The van der Waals surface area contributed by atoms with E-state index in [4.69, 9.17) is 0 Å². The highest BCUT2D eigenvalue weighted by atomic mass is 32.2. The summed E-state index contributed by atoms with van der Waals surface area (Å²) in [5.41, 5.74) is 0.520. The van der Waals surface area contributed by atoms with Gasteiger partial charge in [-0.1, -0.05) is 23.5 Å². The summed E-state index contributed by atoms with van der Waals surface area (Å²) in [6.45, 7) is 1.82. The van der Waals surface area contributed by atoms with E-state index in [-0.39, 0.29) is 17.6 Å². The molecule has 2 amide bonds. The quantitative estimate of drug-likeness (QED) is 0.848. The summed E-state index contributed by atoms with van der Waals surface area (Å²) in [7, 11) is 3.42. The van der Waals surface area contributed by atoms with Gasteiger partial charge in [-0.25, -0.2) is 0 Å². The topological polar surface area (TPSA) is 75.2 Å². The van der Waals surface area contributed by atoms with E-state index in [2.05, 4.69) is 15.5 Å². The van der Waals surface area contributed by atoms with Gasteiger partial charge in [-0.05, 0) is 19.1 Å². The van der Waals surface area contributed by atoms with E-state index in [9.17, 15) is 9.59 Å². The summed E-state index contributed by atoms with van der Waals surface area (Å²) in [6.07, 6.45) is 0. The van der Waals surface area contributed by atoms with Crippen molar-refractivity contribution in [3.05, 3.63) is 34.8 Å². The average molecular weight is 336 g/mol. The first kappa shape index (κ1) is 16.4. The van der Waals surface area contributed by atoms with Gasteiger partial charge in [0.05, 0.1) is 11.3 Å². The Hall–Kier alpha value is -1.93. The van der Waals surface area contributed by atoms with Crippen molar-refractivity contribution in [2.24, 2.45) is 0 Å². The molecule has 0 fully saturated rings. The number of benzene rings is 1. The molecule has 0 aliphatic heterocycles. The molecule has 6 nitrogen and oxygen atoms in total. The lowest BCUT2D eigenvalue weighted by Gasteiger charge is -2.11. The van der Waals surface area contributed by atoms with Crippen LogP contribution in [0.3, 0.4) is 0 Å². The van der Waals surface area contributed by atoms with Gasteiger partial charge >= 0.3 is 0 Å². The van der Waals surface area contributed by atoms with Gasteiger partial charge in [0.2, 0.25) is 11.0 Å². The summed E-state index contributed by atoms with van der Waals surface area (Å²) in [5, 5.41) is 11.7. The van der Waals surface area contributed by atoms with E-state index in [1.807, 2.05) is 19.1 Å². The van der Waals surface area contributed by atoms with E-state index in [0.29, 0.717) is 10.7 Å². The number of thioether (sulfide) groups is 1. The van der Waals surface area contributed by atoms with Crippen LogP contribution < -0.4 is 5.32 Å². The minimum Gasteiger partial charge on any atom is -0.348 e. The van der Waals surface area contributed by atoms with Crippen molar-refractivity contribution in [3.63, 3.8) is 0 Å². The second-order valence-corrected chi connectivity index (χ2v) is 6.85. The molecule has 0 saturated carbocycles. The third-order valence-corrected chi connectivity index (χ3v) is 4.54. The minimum atomic E-state index is -0.253. The summed E-state index contributed by atoms with van der Waals surface area (Å²) in [4.78, 5) is 26.3. The highest BCUT2D eigenvalue weighted by Crippen LogP contribution is 2.24. The Bertz CT molecular complexity index is 685. The van der Waals surface area contributed by atoms with Crippen LogP contribution in [0.5, 0.6) is 0 Å². The maximum absolute atomic E-state index is 12.3. The van der Waals surface area contributed by atoms with Gasteiger partial charge < -0.3 is 4.90 Å². The zero-order valence-corrected chi connectivity index (χ0v) is 14.1. The Labute approximate surface area is 136 Å². The number of carbonyl (C=O) groups excluding carboxylic acids is 2. The van der Waals surface area contributed by atoms with Crippen LogP contribution in [0.1, 0.15) is 15.4 Å². The number of hydrogen-bond acceptors (Lipinski definition) is 6. The second kappa shape index (κ2) is 7.37. The molecule has 0 radical (unpaired) electrons. The lowest BCUT2D eigenvalue weighted by Crippen LogP contribution is -2.23. The maximum atomic E-state index is 12.3. The maximum Gasteiger partial charge on any atom is 0.258 e. The number of carbonyl (C=O) groups is 2. The van der Waals surface area contributed by atoms with Crippen LogP contribution in [-0.2, 0) is 4.79 Å². The predicted molar refractivity (Wildman–Crippen MR) is 88.5 cm³/mol. The van der Waals surface area contributed by atoms with E-state index in [1.165, 1.54) is 28.0 Å². The van der Waals surface area contributed by atoms with Gasteiger partial charge in [-0.2, -0.15) is 0 Å². The average Bonchev–Trinajstić information content (AvgIpc) is 2.90. The normalized spacial score (nSPS) is 10.3. The van der Waals surface area contributed by atoms with Crippen LogP contribution >= 0.6 is 23.1 Å². The van der Waals surface area contributed by atoms with Gasteiger partial charge in [0.15, 0.2) is 0 Å². The molecule has 22 heavy (non-hydrogen) atoms. The molecule has 0 saturated heterocycles. The number of nitrogens with zero attached hydrogens (tertiary/aromatic N) is 3. The van der Waals surface area contributed by atoms with Crippen LogP contribution in [0.15, 0.2) is 29.2 Å². The smallest absolute Gasteiger partial charge is 0.258 e. The molecule has 0 unspecified atom stereocenters. The number of amides is 2. The predicted octanol–water partition coefficient (Wildman–Crippen LogP) is 2.28. The molecular weight excluding hydrogens is 320 g/mol. The fourth-order valence-corrected chi connectivity index (χ4v) is 3.18. The summed E-state index contributed by atoms with van der Waals surface area (Å²) in [6, 6.07) is 7.19. The Morgan fingerprint density at radius 3 is 2.64 bits per heavy atom. The number of nitrogens with one attached hydrogen (secondary N) is 1. The van der Waals surface area contributed by atoms with Crippen molar-refractivity contribution >= 4 is 40.0 Å². The summed E-state index contributed by atoms with van der Waals surface area (Å²) < 4.78 is 0. The molecule has 0 aliphatic carbocycles. The molecule has 1 heterocycles. The molecule has 1 aromatic carbocycles. The summed E-state index contributed by atoms with van der Waals surface area (Å²) in [5.74, 6) is 0.0337. The van der Waals surface area contributed by atoms with E-state index in [1.54, 1.807) is 26.2 Å². The molecule has 0 atom stereocenters. The van der Waals surface area contributed by atoms with Gasteiger partial charge in [0.25, 0.3) is 5.91 Å². The van der Waals surface area contributed by atoms with Crippen molar-refractivity contribution in [1.29, 1.82) is 0 Å². The third kappa shape index (κ3) is 4.28. The van der Waals surface area contributed by atoms with Crippen molar-refractivity contribution in [2.75, 3.05) is 25.2 Å². The Morgan fingerprint density at radius 1 is 1.27 bits per heavy atom. The fourth-order valence-electron chi connectivity index (χ4n) is 1.56. The van der Waals surface area contributed by atoms with E-state index >= 15 is 0 Å². The number of aryl methyl sites for hydroxylation is 1. The molecule has 116 valence electrons. The molecule has 0 bridgehead atoms. The molecule has 1 aromatic heterocycles. The van der Waals surface area contributed by atoms with Crippen LogP contribution in [0.4, 0.5) is 5.13 Å². The SMILES string of the molecule is Cc1nnc(NC(=O)c2ccccc2SCC(=O)N(C)C)s1. The largest absolute Gasteiger partial charge is 0.348 e. The fraction of sp³-hybridized carbons (Fsp3) is 0.286. The van der Waals surface area contributed by atoms with Gasteiger partial charge in [0.1, 0.15) is 5.01 Å². The Morgan fingerprint density at radius 2 is 2.00 bits per heavy atom. The van der Waals surface area contributed by atoms with E-state index in [0.717, 1.165) is 9.90 Å². The molecule has 1 N–H and O–H groups in total. The van der Waals surface area contributed by atoms with Crippen LogP contribution in [-0.4, -0.2) is 46.8 Å². The number of hydrogen-bond donors (Lipinski definition) is 1. The monoisotopic (exact) mass is 336 g/mol. The zero-order chi connectivity index (χ0) is 16.1. The zero-order valence-electron chi connectivity index (χ0n) is 12.5. The molecule has 2 rings (SSSR count). The number of aromatic nitrogens is 2. The minimum absolute atomic E-state index is 0.0000375. The van der Waals surface area contributed by atoms with Gasteiger partial charge in [0, 0.05) is 19.0 Å². The number of anilines is 1. The third-order valence-electron chi connectivity index (χ3n) is 2.73. The standard InChI is InChI=1S/C14H16N4O2S2/c1-9-16-17-14(22-9)15-13(20)10-6-4-5-7-11(10)21-8-12(19)18(2)3/h4-7H,8H2,1-3H3,(H,15,17,20). The van der Waals surface area contributed by atoms with Crippen molar-refractivity contribution in [2.45, 2.75) is 11.8 Å². The van der Waals surface area contributed by atoms with Crippen LogP contribution in [0, 0.1) is 6.92 Å². The van der Waals surface area contributed by atoms with Crippen LogP contribution in [0.25, 0.3) is 0 Å². The first-order valence-electron chi connectivity index (χ1n) is 6.51.